The molecule has 1 N–H and O–H groups in total. The molecular formula is C16H30N4. The van der Waals surface area contributed by atoms with Crippen molar-refractivity contribution in [2.75, 3.05) is 26.7 Å². The third-order valence-electron chi connectivity index (χ3n) is 4.14. The molecule has 0 aromatic carbocycles. The molecule has 0 aliphatic heterocycles. The van der Waals surface area contributed by atoms with E-state index >= 15 is 0 Å². The van der Waals surface area contributed by atoms with Crippen LogP contribution in [-0.4, -0.2) is 41.4 Å². The molecule has 1 fully saturated rings. The van der Waals surface area contributed by atoms with Gasteiger partial charge in [-0.15, -0.1) is 0 Å². The summed E-state index contributed by atoms with van der Waals surface area (Å²) in [6.07, 6.45) is 10.1. The zero-order valence-corrected chi connectivity index (χ0v) is 13.1. The second-order valence-corrected chi connectivity index (χ2v) is 6.07. The maximum atomic E-state index is 4.77. The fraction of sp³-hybridized carbons (Fsp3) is 0.812. The zero-order valence-electron chi connectivity index (χ0n) is 13.1. The van der Waals surface area contributed by atoms with Gasteiger partial charge in [-0.1, -0.05) is 26.2 Å². The average Bonchev–Trinajstić information content (AvgIpc) is 2.93. The van der Waals surface area contributed by atoms with Crippen LogP contribution in [0.4, 0.5) is 0 Å². The lowest BCUT2D eigenvalue weighted by Gasteiger charge is -2.22. The molecule has 0 spiro atoms. The number of nitrogens with one attached hydrogen (secondary N) is 1. The van der Waals surface area contributed by atoms with Gasteiger partial charge in [0.2, 0.25) is 0 Å². The number of hydrogen-bond donors (Lipinski definition) is 1. The molecule has 20 heavy (non-hydrogen) atoms. The van der Waals surface area contributed by atoms with Gasteiger partial charge in [0.25, 0.3) is 0 Å². The van der Waals surface area contributed by atoms with E-state index in [-0.39, 0.29) is 0 Å². The zero-order chi connectivity index (χ0) is 14.2. The van der Waals surface area contributed by atoms with Crippen molar-refractivity contribution < 1.29 is 0 Å². The molecule has 0 amide bonds. The Morgan fingerprint density at radius 3 is 2.85 bits per heavy atom. The van der Waals surface area contributed by atoms with Crippen molar-refractivity contribution in [3.63, 3.8) is 0 Å². The molecule has 1 aromatic rings. The Balaban J connectivity index is 1.74. The van der Waals surface area contributed by atoms with Crippen LogP contribution in [0.5, 0.6) is 0 Å². The fourth-order valence-corrected chi connectivity index (χ4v) is 2.94. The number of likely N-dealkylation sites (N-methyl/N-ethyl adjacent to an activating group) is 1. The van der Waals surface area contributed by atoms with E-state index in [1.54, 1.807) is 0 Å². The Labute approximate surface area is 123 Å². The van der Waals surface area contributed by atoms with Crippen LogP contribution in [0, 0.1) is 0 Å². The van der Waals surface area contributed by atoms with Crippen LogP contribution in [0.15, 0.2) is 12.3 Å². The van der Waals surface area contributed by atoms with Gasteiger partial charge in [-0.05, 0) is 38.9 Å². The van der Waals surface area contributed by atoms with Crippen LogP contribution in [0.2, 0.25) is 0 Å². The van der Waals surface area contributed by atoms with E-state index in [4.69, 9.17) is 5.10 Å². The molecule has 0 atom stereocenters. The largest absolute Gasteiger partial charge is 0.315 e. The highest BCUT2D eigenvalue weighted by molar-refractivity contribution is 4.99. The third kappa shape index (κ3) is 4.91. The Hall–Kier alpha value is -0.870. The monoisotopic (exact) mass is 278 g/mol. The summed E-state index contributed by atoms with van der Waals surface area (Å²) in [5.74, 6) is 0. The van der Waals surface area contributed by atoms with Gasteiger partial charge in [-0.3, -0.25) is 9.58 Å². The van der Waals surface area contributed by atoms with Crippen LogP contribution in [-0.2, 0) is 6.54 Å². The molecule has 4 heteroatoms. The summed E-state index contributed by atoms with van der Waals surface area (Å²) in [4.78, 5) is 2.34. The van der Waals surface area contributed by atoms with Crippen LogP contribution in [0.3, 0.4) is 0 Å². The summed E-state index contributed by atoms with van der Waals surface area (Å²) in [6.45, 7) is 6.41. The van der Waals surface area contributed by atoms with E-state index in [2.05, 4.69) is 41.1 Å². The lowest BCUT2D eigenvalue weighted by molar-refractivity contribution is 0.307. The number of hydrogen-bond acceptors (Lipinski definition) is 3. The van der Waals surface area contributed by atoms with Gasteiger partial charge < -0.3 is 5.32 Å². The lowest BCUT2D eigenvalue weighted by Crippen LogP contribution is -2.29. The highest BCUT2D eigenvalue weighted by atomic mass is 15.3. The molecule has 2 rings (SSSR count). The topological polar surface area (TPSA) is 33.1 Å². The summed E-state index contributed by atoms with van der Waals surface area (Å²) < 4.78 is 2.21. The second kappa shape index (κ2) is 8.42. The van der Waals surface area contributed by atoms with E-state index in [1.165, 1.54) is 44.2 Å². The molecule has 1 saturated carbocycles. The molecule has 1 aromatic heterocycles. The summed E-state index contributed by atoms with van der Waals surface area (Å²) in [5, 5.41) is 8.21. The minimum atomic E-state index is 0.647. The van der Waals surface area contributed by atoms with E-state index in [0.29, 0.717) is 6.04 Å². The van der Waals surface area contributed by atoms with Gasteiger partial charge in [0.15, 0.2) is 0 Å². The van der Waals surface area contributed by atoms with Crippen molar-refractivity contribution in [3.05, 3.63) is 18.0 Å². The van der Waals surface area contributed by atoms with Gasteiger partial charge in [-0.25, -0.2) is 0 Å². The maximum Gasteiger partial charge on any atom is 0.0764 e. The molecular weight excluding hydrogens is 248 g/mol. The van der Waals surface area contributed by atoms with Crippen molar-refractivity contribution in [2.45, 2.75) is 58.0 Å². The first-order valence-electron chi connectivity index (χ1n) is 8.23. The van der Waals surface area contributed by atoms with Gasteiger partial charge in [0.1, 0.15) is 0 Å². The minimum Gasteiger partial charge on any atom is -0.315 e. The first-order chi connectivity index (χ1) is 9.79. The Morgan fingerprint density at radius 1 is 1.30 bits per heavy atom. The number of nitrogens with zero attached hydrogens (tertiary/aromatic N) is 3. The van der Waals surface area contributed by atoms with Crippen LogP contribution >= 0.6 is 0 Å². The van der Waals surface area contributed by atoms with Crippen LogP contribution < -0.4 is 5.32 Å². The minimum absolute atomic E-state index is 0.647. The smallest absolute Gasteiger partial charge is 0.0764 e. The van der Waals surface area contributed by atoms with Crippen molar-refractivity contribution in [2.24, 2.45) is 0 Å². The standard InChI is InChI=1S/C16H30N4/c1-3-10-17-11-13-19(2)14-15-9-12-20(18-15)16-7-5-4-6-8-16/h9,12,16-17H,3-8,10-11,13-14H2,1-2H3. The first-order valence-corrected chi connectivity index (χ1v) is 8.23. The molecule has 1 aliphatic rings. The lowest BCUT2D eigenvalue weighted by atomic mass is 9.96. The van der Waals surface area contributed by atoms with Gasteiger partial charge in [0.05, 0.1) is 11.7 Å². The highest BCUT2D eigenvalue weighted by Gasteiger charge is 2.16. The van der Waals surface area contributed by atoms with Gasteiger partial charge >= 0.3 is 0 Å². The first kappa shape index (κ1) is 15.5. The average molecular weight is 278 g/mol. The van der Waals surface area contributed by atoms with E-state index < -0.39 is 0 Å². The van der Waals surface area contributed by atoms with E-state index in [9.17, 15) is 0 Å². The molecule has 1 aliphatic carbocycles. The maximum absolute atomic E-state index is 4.77. The molecule has 4 nitrogen and oxygen atoms in total. The Bertz CT molecular complexity index is 368. The number of rotatable bonds is 8. The van der Waals surface area contributed by atoms with E-state index in [1.807, 2.05) is 0 Å². The quantitative estimate of drug-likeness (QED) is 0.742. The molecule has 0 radical (unpaired) electrons. The van der Waals surface area contributed by atoms with Crippen molar-refractivity contribution >= 4 is 0 Å². The SMILES string of the molecule is CCCNCCN(C)Cc1ccn(C2CCCCC2)n1. The number of aromatic nitrogens is 2. The van der Waals surface area contributed by atoms with Crippen molar-refractivity contribution in [1.82, 2.24) is 20.0 Å². The second-order valence-electron chi connectivity index (χ2n) is 6.07. The summed E-state index contributed by atoms with van der Waals surface area (Å²) in [5.41, 5.74) is 1.20. The normalized spacial score (nSPS) is 16.9. The van der Waals surface area contributed by atoms with Crippen molar-refractivity contribution in [1.29, 1.82) is 0 Å². The van der Waals surface area contributed by atoms with E-state index in [0.717, 1.165) is 26.2 Å². The Kier molecular flexibility index (Phi) is 6.54. The van der Waals surface area contributed by atoms with Crippen LogP contribution in [0.25, 0.3) is 0 Å². The third-order valence-corrected chi connectivity index (χ3v) is 4.14. The summed E-state index contributed by atoms with van der Waals surface area (Å²) in [7, 11) is 2.17. The molecule has 114 valence electrons. The predicted molar refractivity (Wildman–Crippen MR) is 83.8 cm³/mol. The highest BCUT2D eigenvalue weighted by Crippen LogP contribution is 2.27. The molecule has 0 unspecified atom stereocenters. The molecule has 0 bridgehead atoms. The van der Waals surface area contributed by atoms with Gasteiger partial charge in [-0.2, -0.15) is 5.10 Å². The van der Waals surface area contributed by atoms with Crippen molar-refractivity contribution in [3.8, 4) is 0 Å². The van der Waals surface area contributed by atoms with Gasteiger partial charge in [0, 0.05) is 25.8 Å². The molecule has 1 heterocycles. The van der Waals surface area contributed by atoms with Crippen LogP contribution in [0.1, 0.15) is 57.2 Å². The predicted octanol–water partition coefficient (Wildman–Crippen LogP) is 2.82. The Morgan fingerprint density at radius 2 is 2.10 bits per heavy atom. The summed E-state index contributed by atoms with van der Waals surface area (Å²) >= 11 is 0. The fourth-order valence-electron chi connectivity index (χ4n) is 2.94. The summed E-state index contributed by atoms with van der Waals surface area (Å²) in [6, 6.07) is 2.83. The molecule has 0 saturated heterocycles.